The Labute approximate surface area is 204 Å². The van der Waals surface area contributed by atoms with Crippen molar-refractivity contribution >= 4 is 38.8 Å². The van der Waals surface area contributed by atoms with E-state index in [-0.39, 0.29) is 18.7 Å². The van der Waals surface area contributed by atoms with E-state index in [0.717, 1.165) is 10.8 Å². The Bertz CT molecular complexity index is 1370. The van der Waals surface area contributed by atoms with Crippen LogP contribution in [0.15, 0.2) is 44.7 Å². The molecule has 0 aliphatic carbocycles. The van der Waals surface area contributed by atoms with Gasteiger partial charge in [0.25, 0.3) is 11.5 Å². The molecule has 0 saturated heterocycles. The highest BCUT2D eigenvalue weighted by Crippen LogP contribution is 2.29. The minimum absolute atomic E-state index is 0.0786. The van der Waals surface area contributed by atoms with Crippen LogP contribution in [0.3, 0.4) is 0 Å². The Morgan fingerprint density at radius 2 is 1.97 bits per heavy atom. The van der Waals surface area contributed by atoms with Gasteiger partial charge in [-0.25, -0.2) is 5.43 Å². The van der Waals surface area contributed by atoms with Gasteiger partial charge in [0.15, 0.2) is 0 Å². The number of carbonyl (C=O) groups is 1. The Balaban J connectivity index is 1.89. The molecule has 0 spiro atoms. The molecular formula is C24H23BrN4O5. The number of fused-ring (bicyclic) bond motifs is 1. The molecule has 0 bridgehead atoms. The van der Waals surface area contributed by atoms with Crippen LogP contribution in [0, 0.1) is 18.3 Å². The summed E-state index contributed by atoms with van der Waals surface area (Å²) in [5.74, 6) is 0.709. The van der Waals surface area contributed by atoms with E-state index in [9.17, 15) is 14.9 Å². The lowest BCUT2D eigenvalue weighted by atomic mass is 10.0. The van der Waals surface area contributed by atoms with Gasteiger partial charge in [-0.05, 0) is 51.8 Å². The van der Waals surface area contributed by atoms with Gasteiger partial charge in [0, 0.05) is 28.4 Å². The first-order valence-electron chi connectivity index (χ1n) is 10.1. The molecule has 0 aliphatic heterocycles. The topological polar surface area (TPSA) is 115 Å². The predicted octanol–water partition coefficient (Wildman–Crippen LogP) is 3.26. The van der Waals surface area contributed by atoms with E-state index < -0.39 is 11.5 Å². The number of ether oxygens (including phenoxy) is 3. The van der Waals surface area contributed by atoms with Gasteiger partial charge in [0.05, 0.1) is 27.0 Å². The number of nitrogens with one attached hydrogen (secondary N) is 1. The molecule has 1 N–H and O–H groups in total. The monoisotopic (exact) mass is 526 g/mol. The molecule has 10 heteroatoms. The van der Waals surface area contributed by atoms with Crippen LogP contribution in [0.1, 0.15) is 22.4 Å². The van der Waals surface area contributed by atoms with E-state index in [1.807, 2.05) is 36.4 Å². The van der Waals surface area contributed by atoms with Crippen molar-refractivity contribution in [3.63, 3.8) is 0 Å². The molecule has 1 heterocycles. The number of halogens is 1. The molecule has 0 aliphatic rings. The Morgan fingerprint density at radius 3 is 2.62 bits per heavy atom. The summed E-state index contributed by atoms with van der Waals surface area (Å²) >= 11 is 3.41. The second-order valence-corrected chi connectivity index (χ2v) is 8.04. The molecule has 3 rings (SSSR count). The van der Waals surface area contributed by atoms with Crippen molar-refractivity contribution in [1.82, 2.24) is 9.99 Å². The number of nitrogens with zero attached hydrogens (tertiary/aromatic N) is 3. The number of aromatic nitrogens is 1. The molecule has 34 heavy (non-hydrogen) atoms. The SMILES string of the molecule is COCc1c(Br)c(C)n(CC(=O)N/N=C\c2c(OC)ccc3ccc(OC)cc23)c(=O)c1C#N. The zero-order chi connectivity index (χ0) is 24.8. The Hall–Kier alpha value is -3.68. The highest BCUT2D eigenvalue weighted by Gasteiger charge is 2.19. The van der Waals surface area contributed by atoms with Crippen LogP contribution < -0.4 is 20.5 Å². The third-order valence-electron chi connectivity index (χ3n) is 5.28. The molecular weight excluding hydrogens is 504 g/mol. The number of hydrogen-bond donors (Lipinski definition) is 1. The largest absolute Gasteiger partial charge is 0.497 e. The summed E-state index contributed by atoms with van der Waals surface area (Å²) in [6.45, 7) is 1.45. The summed E-state index contributed by atoms with van der Waals surface area (Å²) in [4.78, 5) is 25.4. The van der Waals surface area contributed by atoms with Crippen molar-refractivity contribution in [1.29, 1.82) is 5.26 Å². The minimum atomic E-state index is -0.572. The van der Waals surface area contributed by atoms with Gasteiger partial charge in [-0.15, -0.1) is 0 Å². The predicted molar refractivity (Wildman–Crippen MR) is 131 cm³/mol. The lowest BCUT2D eigenvalue weighted by Gasteiger charge is -2.15. The first-order valence-corrected chi connectivity index (χ1v) is 10.9. The zero-order valence-electron chi connectivity index (χ0n) is 19.1. The molecule has 1 amide bonds. The quantitative estimate of drug-likeness (QED) is 0.355. The highest BCUT2D eigenvalue weighted by atomic mass is 79.9. The van der Waals surface area contributed by atoms with E-state index in [0.29, 0.717) is 32.8 Å². The molecule has 0 saturated carbocycles. The highest BCUT2D eigenvalue weighted by molar-refractivity contribution is 9.10. The van der Waals surface area contributed by atoms with E-state index in [1.54, 1.807) is 21.1 Å². The van der Waals surface area contributed by atoms with Gasteiger partial charge in [-0.2, -0.15) is 10.4 Å². The smallest absolute Gasteiger partial charge is 0.269 e. The van der Waals surface area contributed by atoms with Crippen LogP contribution in [0.5, 0.6) is 11.5 Å². The summed E-state index contributed by atoms with van der Waals surface area (Å²) in [5, 5.41) is 15.3. The number of amides is 1. The van der Waals surface area contributed by atoms with Gasteiger partial charge in [0.1, 0.15) is 29.7 Å². The molecule has 3 aromatic rings. The van der Waals surface area contributed by atoms with E-state index in [4.69, 9.17) is 14.2 Å². The first kappa shape index (κ1) is 25.0. The van der Waals surface area contributed by atoms with E-state index in [1.165, 1.54) is 17.9 Å². The number of pyridine rings is 1. The molecule has 0 atom stereocenters. The van der Waals surface area contributed by atoms with Crippen LogP contribution in [0.4, 0.5) is 0 Å². The van der Waals surface area contributed by atoms with Gasteiger partial charge >= 0.3 is 0 Å². The summed E-state index contributed by atoms with van der Waals surface area (Å²) in [5.41, 5.74) is 3.39. The summed E-state index contributed by atoms with van der Waals surface area (Å²) in [7, 11) is 4.60. The standard InChI is InChI=1S/C24H23BrN4O5/c1-14-23(25)20(13-32-2)18(10-26)24(31)29(14)12-22(30)28-27-11-19-17-9-16(33-3)7-5-15(17)6-8-21(19)34-4/h5-9,11H,12-13H2,1-4H3,(H,28,30)/b27-11-. The average molecular weight is 527 g/mol. The number of hydrazone groups is 1. The number of carbonyl (C=O) groups excluding carboxylic acids is 1. The van der Waals surface area contributed by atoms with Crippen molar-refractivity contribution in [2.75, 3.05) is 21.3 Å². The first-order chi connectivity index (χ1) is 16.4. The number of hydrogen-bond acceptors (Lipinski definition) is 7. The third kappa shape index (κ3) is 4.95. The maximum absolute atomic E-state index is 12.8. The maximum atomic E-state index is 12.8. The Kier molecular flexibility index (Phi) is 8.04. The molecule has 9 nitrogen and oxygen atoms in total. The van der Waals surface area contributed by atoms with Gasteiger partial charge < -0.3 is 18.8 Å². The van der Waals surface area contributed by atoms with Crippen molar-refractivity contribution in [2.24, 2.45) is 5.10 Å². The summed E-state index contributed by atoms with van der Waals surface area (Å²) in [6.07, 6.45) is 1.48. The second kappa shape index (κ2) is 11.0. The lowest BCUT2D eigenvalue weighted by Crippen LogP contribution is -2.33. The fourth-order valence-corrected chi connectivity index (χ4v) is 4.06. The van der Waals surface area contributed by atoms with Crippen LogP contribution in [0.25, 0.3) is 10.8 Å². The van der Waals surface area contributed by atoms with Crippen LogP contribution in [-0.2, 0) is 22.7 Å². The van der Waals surface area contributed by atoms with Gasteiger partial charge in [-0.1, -0.05) is 12.1 Å². The fourth-order valence-electron chi connectivity index (χ4n) is 3.54. The maximum Gasteiger partial charge on any atom is 0.269 e. The van der Waals surface area contributed by atoms with E-state index in [2.05, 4.69) is 26.5 Å². The minimum Gasteiger partial charge on any atom is -0.497 e. The van der Waals surface area contributed by atoms with Crippen LogP contribution >= 0.6 is 15.9 Å². The number of rotatable bonds is 8. The average Bonchev–Trinajstić information content (AvgIpc) is 2.85. The molecule has 0 radical (unpaired) electrons. The van der Waals surface area contributed by atoms with Gasteiger partial charge in [-0.3, -0.25) is 9.59 Å². The number of benzene rings is 2. The van der Waals surface area contributed by atoms with Crippen molar-refractivity contribution in [2.45, 2.75) is 20.1 Å². The number of methoxy groups -OCH3 is 3. The normalized spacial score (nSPS) is 10.9. The van der Waals surface area contributed by atoms with Crippen LogP contribution in [0.2, 0.25) is 0 Å². The summed E-state index contributed by atoms with van der Waals surface area (Å²) < 4.78 is 17.6. The number of nitriles is 1. The molecule has 1 aromatic heterocycles. The zero-order valence-corrected chi connectivity index (χ0v) is 20.7. The van der Waals surface area contributed by atoms with Crippen LogP contribution in [-0.4, -0.2) is 38.0 Å². The third-order valence-corrected chi connectivity index (χ3v) is 6.34. The van der Waals surface area contributed by atoms with Crippen molar-refractivity contribution in [3.05, 3.63) is 67.5 Å². The molecule has 2 aromatic carbocycles. The molecule has 0 unspecified atom stereocenters. The summed E-state index contributed by atoms with van der Waals surface area (Å²) in [6, 6.07) is 11.2. The fraction of sp³-hybridized carbons (Fsp3) is 0.250. The van der Waals surface area contributed by atoms with Crippen molar-refractivity contribution in [3.8, 4) is 17.6 Å². The van der Waals surface area contributed by atoms with Crippen molar-refractivity contribution < 1.29 is 19.0 Å². The molecule has 176 valence electrons. The van der Waals surface area contributed by atoms with Gasteiger partial charge in [0.2, 0.25) is 0 Å². The lowest BCUT2D eigenvalue weighted by molar-refractivity contribution is -0.121. The Morgan fingerprint density at radius 1 is 1.24 bits per heavy atom. The second-order valence-electron chi connectivity index (χ2n) is 7.25. The molecule has 0 fully saturated rings. The van der Waals surface area contributed by atoms with E-state index >= 15 is 0 Å².